The number of ether oxygens (including phenoxy) is 1. The Bertz CT molecular complexity index is 751. The third kappa shape index (κ3) is 3.91. The maximum Gasteiger partial charge on any atom is 0.262 e. The van der Waals surface area contributed by atoms with Crippen molar-refractivity contribution in [2.45, 2.75) is 38.3 Å². The van der Waals surface area contributed by atoms with Gasteiger partial charge in [-0.15, -0.1) is 0 Å². The highest BCUT2D eigenvalue weighted by Gasteiger charge is 2.42. The summed E-state index contributed by atoms with van der Waals surface area (Å²) in [6, 6.07) is 5.76. The number of hydrogen-bond acceptors (Lipinski definition) is 5. The minimum atomic E-state index is -0.861. The molecule has 0 saturated carbocycles. The first-order valence-electron chi connectivity index (χ1n) is 9.48. The zero-order valence-corrected chi connectivity index (χ0v) is 16.1. The summed E-state index contributed by atoms with van der Waals surface area (Å²) in [7, 11) is 1.55. The number of piperidine rings is 1. The SMILES string of the molecule is COCCC(=O)NC1CCN(C(=O)C(C)N2C(=O)c3ccccc3C2=O)CC1. The van der Waals surface area contributed by atoms with E-state index in [9.17, 15) is 19.2 Å². The number of imide groups is 1. The highest BCUT2D eigenvalue weighted by atomic mass is 16.5. The molecule has 2 heterocycles. The average Bonchev–Trinajstić information content (AvgIpc) is 2.96. The van der Waals surface area contributed by atoms with Crippen molar-refractivity contribution in [3.05, 3.63) is 35.4 Å². The Balaban J connectivity index is 1.56. The number of carbonyl (C=O) groups excluding carboxylic acids is 4. The molecular formula is C20H25N3O5. The number of hydrogen-bond donors (Lipinski definition) is 1. The molecule has 1 aromatic carbocycles. The molecule has 1 atom stereocenters. The summed E-state index contributed by atoms with van der Waals surface area (Å²) in [6.45, 7) is 2.91. The fraction of sp³-hybridized carbons (Fsp3) is 0.500. The van der Waals surface area contributed by atoms with E-state index in [1.54, 1.807) is 43.2 Å². The highest BCUT2D eigenvalue weighted by molar-refractivity contribution is 6.22. The number of likely N-dealkylation sites (tertiary alicyclic amines) is 1. The first-order valence-corrected chi connectivity index (χ1v) is 9.48. The van der Waals surface area contributed by atoms with E-state index in [-0.39, 0.29) is 17.9 Å². The maximum absolute atomic E-state index is 12.9. The zero-order valence-electron chi connectivity index (χ0n) is 16.1. The molecule has 4 amide bonds. The fourth-order valence-corrected chi connectivity index (χ4v) is 3.67. The van der Waals surface area contributed by atoms with Crippen molar-refractivity contribution in [1.82, 2.24) is 15.1 Å². The first-order chi connectivity index (χ1) is 13.4. The third-order valence-corrected chi connectivity index (χ3v) is 5.28. The van der Waals surface area contributed by atoms with Gasteiger partial charge in [0.15, 0.2) is 0 Å². The molecule has 1 unspecified atom stereocenters. The number of fused-ring (bicyclic) bond motifs is 1. The standard InChI is InChI=1S/C20H25N3O5/c1-13(23-19(26)15-5-3-4-6-16(15)20(23)27)18(25)22-10-7-14(8-11-22)21-17(24)9-12-28-2/h3-6,13-14H,7-12H2,1-2H3,(H,21,24). The zero-order chi connectivity index (χ0) is 20.3. The number of nitrogens with zero attached hydrogens (tertiary/aromatic N) is 2. The third-order valence-electron chi connectivity index (χ3n) is 5.28. The molecule has 28 heavy (non-hydrogen) atoms. The van der Waals surface area contributed by atoms with E-state index in [0.717, 1.165) is 4.90 Å². The van der Waals surface area contributed by atoms with Crippen LogP contribution < -0.4 is 5.32 Å². The van der Waals surface area contributed by atoms with E-state index in [1.165, 1.54) is 0 Å². The van der Waals surface area contributed by atoms with Crippen LogP contribution in [0.1, 0.15) is 46.9 Å². The lowest BCUT2D eigenvalue weighted by molar-refractivity contribution is -0.136. The van der Waals surface area contributed by atoms with Gasteiger partial charge in [-0.25, -0.2) is 0 Å². The number of methoxy groups -OCH3 is 1. The molecule has 0 aliphatic carbocycles. The van der Waals surface area contributed by atoms with Crippen LogP contribution in [0.25, 0.3) is 0 Å². The van der Waals surface area contributed by atoms with Crippen molar-refractivity contribution in [2.75, 3.05) is 26.8 Å². The van der Waals surface area contributed by atoms with Gasteiger partial charge in [-0.05, 0) is 31.9 Å². The molecule has 2 aliphatic heterocycles. The molecule has 0 aromatic heterocycles. The summed E-state index contributed by atoms with van der Waals surface area (Å²) in [5, 5.41) is 2.95. The van der Waals surface area contributed by atoms with Gasteiger partial charge in [-0.1, -0.05) is 12.1 Å². The number of benzene rings is 1. The van der Waals surface area contributed by atoms with E-state index in [4.69, 9.17) is 4.74 Å². The van der Waals surface area contributed by atoms with Gasteiger partial charge in [-0.3, -0.25) is 24.1 Å². The van der Waals surface area contributed by atoms with Crippen LogP contribution in [0.5, 0.6) is 0 Å². The van der Waals surface area contributed by atoms with Crippen molar-refractivity contribution in [2.24, 2.45) is 0 Å². The van der Waals surface area contributed by atoms with Gasteiger partial charge in [0, 0.05) is 32.7 Å². The Morgan fingerprint density at radius 3 is 2.25 bits per heavy atom. The van der Waals surface area contributed by atoms with Crippen LogP contribution >= 0.6 is 0 Å². The normalized spacial score (nSPS) is 18.2. The van der Waals surface area contributed by atoms with Crippen LogP contribution in [0.15, 0.2) is 24.3 Å². The monoisotopic (exact) mass is 387 g/mol. The van der Waals surface area contributed by atoms with Crippen LogP contribution in [-0.2, 0) is 14.3 Å². The maximum atomic E-state index is 12.9. The molecule has 1 N–H and O–H groups in total. The summed E-state index contributed by atoms with van der Waals surface area (Å²) in [4.78, 5) is 52.5. The predicted molar refractivity (Wildman–Crippen MR) is 101 cm³/mol. The summed E-state index contributed by atoms with van der Waals surface area (Å²) >= 11 is 0. The van der Waals surface area contributed by atoms with Crippen LogP contribution in [0.4, 0.5) is 0 Å². The van der Waals surface area contributed by atoms with Gasteiger partial charge in [0.1, 0.15) is 6.04 Å². The molecule has 2 aliphatic rings. The van der Waals surface area contributed by atoms with Gasteiger partial charge in [0.25, 0.3) is 11.8 Å². The van der Waals surface area contributed by atoms with Gasteiger partial charge >= 0.3 is 0 Å². The van der Waals surface area contributed by atoms with Crippen LogP contribution in [-0.4, -0.2) is 72.3 Å². The Kier molecular flexibility index (Phi) is 6.08. The number of amides is 4. The predicted octanol–water partition coefficient (Wildman–Crippen LogP) is 0.815. The van der Waals surface area contributed by atoms with E-state index in [0.29, 0.717) is 50.1 Å². The topological polar surface area (TPSA) is 96.0 Å². The quantitative estimate of drug-likeness (QED) is 0.729. The molecule has 8 nitrogen and oxygen atoms in total. The Morgan fingerprint density at radius 1 is 1.14 bits per heavy atom. The minimum absolute atomic E-state index is 0.0167. The molecule has 150 valence electrons. The Hall–Kier alpha value is -2.74. The van der Waals surface area contributed by atoms with Gasteiger partial charge in [-0.2, -0.15) is 0 Å². The first kappa shape index (κ1) is 20.0. The van der Waals surface area contributed by atoms with Crippen molar-refractivity contribution in [3.8, 4) is 0 Å². The van der Waals surface area contributed by atoms with Gasteiger partial charge in [0.2, 0.25) is 11.8 Å². The van der Waals surface area contributed by atoms with Gasteiger partial charge in [0.05, 0.1) is 17.7 Å². The fourth-order valence-electron chi connectivity index (χ4n) is 3.67. The summed E-state index contributed by atoms with van der Waals surface area (Å²) < 4.78 is 4.89. The number of rotatable bonds is 6. The van der Waals surface area contributed by atoms with E-state index < -0.39 is 17.9 Å². The van der Waals surface area contributed by atoms with Crippen LogP contribution in [0, 0.1) is 0 Å². The van der Waals surface area contributed by atoms with Crippen molar-refractivity contribution < 1.29 is 23.9 Å². The summed E-state index contributed by atoms with van der Waals surface area (Å²) in [5.41, 5.74) is 0.675. The summed E-state index contributed by atoms with van der Waals surface area (Å²) in [6.07, 6.45) is 1.59. The molecule has 0 spiro atoms. The molecule has 3 rings (SSSR count). The average molecular weight is 387 g/mol. The van der Waals surface area contributed by atoms with E-state index in [2.05, 4.69) is 5.32 Å². The lowest BCUT2D eigenvalue weighted by Gasteiger charge is -2.35. The molecule has 0 bridgehead atoms. The Morgan fingerprint density at radius 2 is 1.71 bits per heavy atom. The molecule has 0 radical (unpaired) electrons. The second kappa shape index (κ2) is 8.52. The lowest BCUT2D eigenvalue weighted by Crippen LogP contribution is -2.53. The highest BCUT2D eigenvalue weighted by Crippen LogP contribution is 2.25. The number of carbonyl (C=O) groups is 4. The molecule has 1 aromatic rings. The molecule has 8 heteroatoms. The lowest BCUT2D eigenvalue weighted by atomic mass is 10.0. The van der Waals surface area contributed by atoms with E-state index >= 15 is 0 Å². The van der Waals surface area contributed by atoms with Crippen molar-refractivity contribution in [1.29, 1.82) is 0 Å². The summed E-state index contributed by atoms with van der Waals surface area (Å²) in [5.74, 6) is -1.17. The van der Waals surface area contributed by atoms with Crippen LogP contribution in [0.3, 0.4) is 0 Å². The second-order valence-electron chi connectivity index (χ2n) is 7.11. The van der Waals surface area contributed by atoms with E-state index in [1.807, 2.05) is 0 Å². The van der Waals surface area contributed by atoms with Crippen LogP contribution in [0.2, 0.25) is 0 Å². The minimum Gasteiger partial charge on any atom is -0.384 e. The largest absolute Gasteiger partial charge is 0.384 e. The Labute approximate surface area is 163 Å². The molecule has 1 fully saturated rings. The van der Waals surface area contributed by atoms with Crippen molar-refractivity contribution in [3.63, 3.8) is 0 Å². The molecule has 1 saturated heterocycles. The van der Waals surface area contributed by atoms with Gasteiger partial charge < -0.3 is 15.0 Å². The number of nitrogens with one attached hydrogen (secondary N) is 1. The van der Waals surface area contributed by atoms with Crippen molar-refractivity contribution >= 4 is 23.6 Å². The smallest absolute Gasteiger partial charge is 0.262 e. The molecular weight excluding hydrogens is 362 g/mol. The second-order valence-corrected chi connectivity index (χ2v) is 7.11.